The van der Waals surface area contributed by atoms with Crippen molar-refractivity contribution < 1.29 is 13.2 Å². The molecule has 1 unspecified atom stereocenters. The van der Waals surface area contributed by atoms with Gasteiger partial charge in [-0.05, 0) is 35.6 Å². The summed E-state index contributed by atoms with van der Waals surface area (Å²) in [5.41, 5.74) is 1.70. The number of benzene rings is 2. The van der Waals surface area contributed by atoms with Gasteiger partial charge in [0.05, 0.1) is 7.11 Å². The minimum atomic E-state index is -3.71. The lowest BCUT2D eigenvalue weighted by Crippen LogP contribution is -2.27. The molecule has 0 aromatic heterocycles. The van der Waals surface area contributed by atoms with Crippen LogP contribution in [0.4, 0.5) is 0 Å². The van der Waals surface area contributed by atoms with Gasteiger partial charge >= 0.3 is 0 Å². The molecule has 1 N–H and O–H groups in total. The molecule has 5 heteroatoms. The van der Waals surface area contributed by atoms with E-state index in [1.165, 1.54) is 7.11 Å². The van der Waals surface area contributed by atoms with Crippen molar-refractivity contribution in [1.82, 2.24) is 4.72 Å². The van der Waals surface area contributed by atoms with Gasteiger partial charge < -0.3 is 4.74 Å². The molecule has 0 bridgehead atoms. The third-order valence-corrected chi connectivity index (χ3v) is 5.51. The van der Waals surface area contributed by atoms with Gasteiger partial charge in [-0.25, -0.2) is 13.1 Å². The summed E-state index contributed by atoms with van der Waals surface area (Å²) in [4.78, 5) is 0.167. The predicted molar refractivity (Wildman–Crippen MR) is 96.9 cm³/mol. The lowest BCUT2D eigenvalue weighted by Gasteiger charge is -2.22. The summed E-state index contributed by atoms with van der Waals surface area (Å²) in [6.45, 7) is 7.97. The Morgan fingerprint density at radius 2 is 1.67 bits per heavy atom. The van der Waals surface area contributed by atoms with E-state index in [1.807, 2.05) is 64.1 Å². The number of nitrogens with one attached hydrogen (secondary N) is 1. The Balaban J connectivity index is 2.41. The van der Waals surface area contributed by atoms with Gasteiger partial charge in [0.1, 0.15) is 10.6 Å². The number of rotatable bonds is 5. The van der Waals surface area contributed by atoms with Crippen LogP contribution >= 0.6 is 0 Å². The highest BCUT2D eigenvalue weighted by atomic mass is 32.2. The molecule has 2 aromatic carbocycles. The summed E-state index contributed by atoms with van der Waals surface area (Å²) in [6.07, 6.45) is 0. The number of methoxy groups -OCH3 is 1. The summed E-state index contributed by atoms with van der Waals surface area (Å²) < 4.78 is 33.8. The minimum Gasteiger partial charge on any atom is -0.495 e. The van der Waals surface area contributed by atoms with E-state index >= 15 is 0 Å². The third kappa shape index (κ3) is 4.16. The average Bonchev–Trinajstić information content (AvgIpc) is 2.53. The molecule has 0 radical (unpaired) electrons. The fraction of sp³-hybridized carbons (Fsp3) is 0.368. The van der Waals surface area contributed by atoms with E-state index < -0.39 is 10.0 Å². The van der Waals surface area contributed by atoms with Crippen molar-refractivity contribution in [3.63, 3.8) is 0 Å². The standard InChI is InChI=1S/C19H25NO3S/c1-14(15-9-7-6-8-10-15)20-24(21,22)18-13-16(19(2,3)4)11-12-17(18)23-5/h6-14,20H,1-5H3. The Morgan fingerprint density at radius 1 is 1.04 bits per heavy atom. The molecule has 0 fully saturated rings. The van der Waals surface area contributed by atoms with Crippen molar-refractivity contribution in [3.8, 4) is 5.75 Å². The van der Waals surface area contributed by atoms with E-state index in [2.05, 4.69) is 4.72 Å². The first-order valence-electron chi connectivity index (χ1n) is 7.91. The normalized spacial score (nSPS) is 13.5. The zero-order valence-electron chi connectivity index (χ0n) is 14.8. The molecule has 1 atom stereocenters. The highest BCUT2D eigenvalue weighted by Crippen LogP contribution is 2.31. The van der Waals surface area contributed by atoms with Gasteiger partial charge in [-0.3, -0.25) is 0 Å². The summed E-state index contributed by atoms with van der Waals surface area (Å²) in [7, 11) is -2.23. The molecular weight excluding hydrogens is 322 g/mol. The minimum absolute atomic E-state index is 0.151. The van der Waals surface area contributed by atoms with Crippen molar-refractivity contribution >= 4 is 10.0 Å². The largest absolute Gasteiger partial charge is 0.495 e. The van der Waals surface area contributed by atoms with Crippen molar-refractivity contribution in [2.75, 3.05) is 7.11 Å². The number of sulfonamides is 1. The Bertz CT molecular complexity index is 793. The molecule has 0 amide bonds. The zero-order chi connectivity index (χ0) is 18.0. The van der Waals surface area contributed by atoms with E-state index in [4.69, 9.17) is 4.74 Å². The smallest absolute Gasteiger partial charge is 0.244 e. The van der Waals surface area contributed by atoms with Crippen LogP contribution in [0.2, 0.25) is 0 Å². The van der Waals surface area contributed by atoms with Crippen LogP contribution in [0, 0.1) is 0 Å². The topological polar surface area (TPSA) is 55.4 Å². The first-order valence-corrected chi connectivity index (χ1v) is 9.39. The predicted octanol–water partition coefficient (Wildman–Crippen LogP) is 4.03. The molecule has 0 aliphatic carbocycles. The van der Waals surface area contributed by atoms with Gasteiger partial charge in [0.15, 0.2) is 0 Å². The molecule has 0 heterocycles. The Hall–Kier alpha value is -1.85. The lowest BCUT2D eigenvalue weighted by molar-refractivity contribution is 0.401. The fourth-order valence-electron chi connectivity index (χ4n) is 2.46. The second kappa shape index (κ2) is 6.95. The maximum atomic E-state index is 12.9. The number of ether oxygens (including phenoxy) is 1. The van der Waals surface area contributed by atoms with Crippen LogP contribution in [-0.4, -0.2) is 15.5 Å². The maximum Gasteiger partial charge on any atom is 0.244 e. The fourth-order valence-corrected chi connectivity index (χ4v) is 3.89. The Labute approximate surface area is 144 Å². The van der Waals surface area contributed by atoms with E-state index in [0.717, 1.165) is 11.1 Å². The van der Waals surface area contributed by atoms with Crippen molar-refractivity contribution in [3.05, 3.63) is 59.7 Å². The lowest BCUT2D eigenvalue weighted by atomic mass is 9.87. The second-order valence-electron chi connectivity index (χ2n) is 6.87. The van der Waals surface area contributed by atoms with E-state index in [9.17, 15) is 8.42 Å². The van der Waals surface area contributed by atoms with E-state index in [1.54, 1.807) is 12.1 Å². The third-order valence-electron chi connectivity index (χ3n) is 3.95. The SMILES string of the molecule is COc1ccc(C(C)(C)C)cc1S(=O)(=O)NC(C)c1ccccc1. The zero-order valence-corrected chi connectivity index (χ0v) is 15.6. The van der Waals surface area contributed by atoms with Crippen molar-refractivity contribution in [2.45, 2.75) is 44.0 Å². The average molecular weight is 347 g/mol. The molecule has 2 rings (SSSR count). The summed E-state index contributed by atoms with van der Waals surface area (Å²) in [5, 5.41) is 0. The van der Waals surface area contributed by atoms with Crippen LogP contribution in [0.5, 0.6) is 5.75 Å². The second-order valence-corrected chi connectivity index (χ2v) is 8.55. The molecule has 0 saturated carbocycles. The highest BCUT2D eigenvalue weighted by molar-refractivity contribution is 7.89. The Morgan fingerprint density at radius 3 is 2.21 bits per heavy atom. The van der Waals surface area contributed by atoms with Crippen molar-refractivity contribution in [2.24, 2.45) is 0 Å². The molecular formula is C19H25NO3S. The highest BCUT2D eigenvalue weighted by Gasteiger charge is 2.25. The molecule has 2 aromatic rings. The summed E-state index contributed by atoms with van der Waals surface area (Å²) in [6, 6.07) is 14.5. The first-order chi connectivity index (χ1) is 11.1. The number of hydrogen-bond donors (Lipinski definition) is 1. The quantitative estimate of drug-likeness (QED) is 0.888. The van der Waals surface area contributed by atoms with Crippen LogP contribution in [0.25, 0.3) is 0 Å². The van der Waals surface area contributed by atoms with E-state index in [-0.39, 0.29) is 16.4 Å². The van der Waals surface area contributed by atoms with E-state index in [0.29, 0.717) is 5.75 Å². The van der Waals surface area contributed by atoms with Gasteiger partial charge in [0, 0.05) is 6.04 Å². The van der Waals surface area contributed by atoms with Gasteiger partial charge in [-0.2, -0.15) is 0 Å². The molecule has 0 aliphatic rings. The molecule has 0 saturated heterocycles. The van der Waals surface area contributed by atoms with Gasteiger partial charge in [-0.1, -0.05) is 57.2 Å². The molecule has 0 spiro atoms. The molecule has 24 heavy (non-hydrogen) atoms. The van der Waals surface area contributed by atoms with Crippen molar-refractivity contribution in [1.29, 1.82) is 0 Å². The summed E-state index contributed by atoms with van der Waals surface area (Å²) in [5.74, 6) is 0.343. The summed E-state index contributed by atoms with van der Waals surface area (Å²) >= 11 is 0. The molecule has 4 nitrogen and oxygen atoms in total. The first kappa shape index (κ1) is 18.5. The van der Waals surface area contributed by atoms with Gasteiger partial charge in [0.2, 0.25) is 10.0 Å². The maximum absolute atomic E-state index is 12.9. The molecule has 0 aliphatic heterocycles. The van der Waals surface area contributed by atoms with Crippen LogP contribution in [0.1, 0.15) is 44.9 Å². The van der Waals surface area contributed by atoms with Gasteiger partial charge in [0.25, 0.3) is 0 Å². The van der Waals surface area contributed by atoms with Crippen LogP contribution in [-0.2, 0) is 15.4 Å². The van der Waals surface area contributed by atoms with Crippen LogP contribution in [0.15, 0.2) is 53.4 Å². The van der Waals surface area contributed by atoms with Crippen LogP contribution in [0.3, 0.4) is 0 Å². The molecule has 130 valence electrons. The monoisotopic (exact) mass is 347 g/mol. The Kier molecular flexibility index (Phi) is 5.35. The van der Waals surface area contributed by atoms with Crippen LogP contribution < -0.4 is 9.46 Å². The van der Waals surface area contributed by atoms with Gasteiger partial charge in [-0.15, -0.1) is 0 Å². The number of hydrogen-bond acceptors (Lipinski definition) is 3.